The van der Waals surface area contributed by atoms with E-state index < -0.39 is 66.6 Å². The summed E-state index contributed by atoms with van der Waals surface area (Å²) in [5, 5.41) is 21.2. The van der Waals surface area contributed by atoms with Crippen molar-refractivity contribution < 1.29 is 45.1 Å². The molecule has 2 aromatic heterocycles. The second-order valence-corrected chi connectivity index (χ2v) is 13.0. The molecule has 20 heteroatoms. The molecule has 1 aliphatic rings. The topological polar surface area (TPSA) is 166 Å². The van der Waals surface area contributed by atoms with Gasteiger partial charge < -0.3 is 21.1 Å². The van der Waals surface area contributed by atoms with Gasteiger partial charge in [0.15, 0.2) is 5.82 Å². The van der Waals surface area contributed by atoms with Crippen molar-refractivity contribution in [1.29, 1.82) is 5.26 Å². The van der Waals surface area contributed by atoms with Crippen molar-refractivity contribution >= 4 is 23.6 Å². The van der Waals surface area contributed by atoms with Crippen molar-refractivity contribution in [2.75, 3.05) is 6.61 Å². The molecule has 4 N–H and O–H groups in total. The number of hydrogen-bond acceptors (Lipinski definition) is 8. The van der Waals surface area contributed by atoms with E-state index in [9.17, 15) is 45.6 Å². The maximum Gasteiger partial charge on any atom is 0.411 e. The van der Waals surface area contributed by atoms with Gasteiger partial charge in [0, 0.05) is 18.2 Å². The molecule has 2 aromatic carbocycles. The number of alkyl halides is 7. The summed E-state index contributed by atoms with van der Waals surface area (Å²) >= 11 is 6.33. The van der Waals surface area contributed by atoms with Crippen LogP contribution in [0.5, 0.6) is 0 Å². The van der Waals surface area contributed by atoms with E-state index in [0.717, 1.165) is 17.2 Å². The van der Waals surface area contributed by atoms with E-state index in [0.29, 0.717) is 15.8 Å². The smallest absolute Gasteiger partial charge is 0.411 e. The summed E-state index contributed by atoms with van der Waals surface area (Å²) in [6.45, 7) is -1.95. The summed E-state index contributed by atoms with van der Waals surface area (Å²) < 4.78 is 101. The van der Waals surface area contributed by atoms with Gasteiger partial charge in [0.2, 0.25) is 5.91 Å². The van der Waals surface area contributed by atoms with Crippen LogP contribution in [0.25, 0.3) is 16.8 Å². The molecule has 1 aliphatic carbocycles. The molecular formula is C33H31ClF7N9O3. The molecule has 0 saturated heterocycles. The Labute approximate surface area is 302 Å². The SMILES string of the molecule is CC(CC#N)CC(N)(C(=O)N[C@H](COC(=O)NC1(C(F)(F)F)CC1)c1ccc(Cl)c(-n2ncnc2C(F)F)c1)c1ccc(-c2cnn(C(F)F)c2)cc1. The third-order valence-electron chi connectivity index (χ3n) is 8.74. The first-order chi connectivity index (χ1) is 25.0. The van der Waals surface area contributed by atoms with Gasteiger partial charge >= 0.3 is 18.8 Å². The number of amides is 2. The number of alkyl carbamates (subject to hydrolysis) is 1. The number of carbonyl (C=O) groups excluding carboxylic acids is 2. The van der Waals surface area contributed by atoms with Crippen LogP contribution in [-0.2, 0) is 15.1 Å². The van der Waals surface area contributed by atoms with Gasteiger partial charge in [-0.05, 0) is 54.0 Å². The highest BCUT2D eigenvalue weighted by molar-refractivity contribution is 6.32. The molecule has 282 valence electrons. The molecule has 4 aromatic rings. The normalized spacial score (nSPS) is 16.1. The monoisotopic (exact) mass is 769 g/mol. The van der Waals surface area contributed by atoms with Crippen molar-refractivity contribution in [3.63, 3.8) is 0 Å². The highest BCUT2D eigenvalue weighted by Gasteiger charge is 2.64. The zero-order valence-electron chi connectivity index (χ0n) is 27.6. The lowest BCUT2D eigenvalue weighted by Gasteiger charge is -2.33. The van der Waals surface area contributed by atoms with Gasteiger partial charge in [-0.1, -0.05) is 48.9 Å². The maximum absolute atomic E-state index is 14.3. The molecule has 2 amide bonds. The molecular weight excluding hydrogens is 739 g/mol. The number of benzene rings is 2. The Hall–Kier alpha value is -5.22. The van der Waals surface area contributed by atoms with Crippen molar-refractivity contribution in [2.45, 2.75) is 68.9 Å². The van der Waals surface area contributed by atoms with Gasteiger partial charge in [0.05, 0.1) is 29.0 Å². The lowest BCUT2D eigenvalue weighted by atomic mass is 9.80. The van der Waals surface area contributed by atoms with Crippen LogP contribution in [0.3, 0.4) is 0 Å². The van der Waals surface area contributed by atoms with Crippen LogP contribution in [0.4, 0.5) is 35.5 Å². The molecule has 1 fully saturated rings. The maximum atomic E-state index is 14.3. The largest absolute Gasteiger partial charge is 0.447 e. The van der Waals surface area contributed by atoms with Crippen molar-refractivity contribution in [2.24, 2.45) is 11.7 Å². The standard InChI is InChI=1S/C33H31ClF7N9O3/c1-18(8-11-42)13-32(43,22-5-2-19(3-6-22)21-14-45-49(15-21)29(37)38)28(51)47-24(16-53-30(52)48-31(9-10-31)33(39,40)41)20-4-7-23(34)25(12-20)50-27(26(35)36)44-17-46-50/h2-7,12,14-15,17-18,24,26,29H,8-10,13,16,43H2,1H3,(H,47,51)(H,48,52)/t18?,24-,32?/m1/s1. The van der Waals surface area contributed by atoms with Crippen LogP contribution >= 0.6 is 11.6 Å². The van der Waals surface area contributed by atoms with Crippen LogP contribution in [0.1, 0.15) is 68.6 Å². The Morgan fingerprint density at radius 1 is 1.09 bits per heavy atom. The number of ether oxygens (including phenoxy) is 1. The van der Waals surface area contributed by atoms with Gasteiger partial charge in [-0.3, -0.25) is 4.79 Å². The average Bonchev–Trinajstić information content (AvgIpc) is 3.48. The first-order valence-corrected chi connectivity index (χ1v) is 16.3. The van der Waals surface area contributed by atoms with Crippen molar-refractivity contribution in [3.05, 3.63) is 83.2 Å². The number of nitrogens with two attached hydrogens (primary N) is 1. The quantitative estimate of drug-likeness (QED) is 0.117. The molecule has 0 spiro atoms. The number of rotatable bonds is 14. The number of nitriles is 1. The predicted octanol–water partition coefficient (Wildman–Crippen LogP) is 6.89. The molecule has 53 heavy (non-hydrogen) atoms. The van der Waals surface area contributed by atoms with Crippen LogP contribution in [0.2, 0.25) is 5.02 Å². The Morgan fingerprint density at radius 3 is 2.38 bits per heavy atom. The highest BCUT2D eigenvalue weighted by Crippen LogP contribution is 2.49. The van der Waals surface area contributed by atoms with Crippen LogP contribution in [0, 0.1) is 17.2 Å². The lowest BCUT2D eigenvalue weighted by Crippen LogP contribution is -2.53. The summed E-state index contributed by atoms with van der Waals surface area (Å²) in [5.41, 5.74) is 3.48. The minimum atomic E-state index is -4.75. The average molecular weight is 770 g/mol. The van der Waals surface area contributed by atoms with Gasteiger partial charge in [-0.2, -0.15) is 37.4 Å². The van der Waals surface area contributed by atoms with Gasteiger partial charge in [-0.25, -0.2) is 27.9 Å². The number of nitrogens with one attached hydrogen (secondary N) is 2. The third kappa shape index (κ3) is 8.54. The zero-order valence-corrected chi connectivity index (χ0v) is 28.4. The lowest BCUT2D eigenvalue weighted by molar-refractivity contribution is -0.164. The first-order valence-electron chi connectivity index (χ1n) is 15.9. The number of hydrogen-bond donors (Lipinski definition) is 3. The van der Waals surface area contributed by atoms with Gasteiger partial charge in [0.1, 0.15) is 24.0 Å². The van der Waals surface area contributed by atoms with E-state index in [1.54, 1.807) is 6.92 Å². The van der Waals surface area contributed by atoms with E-state index in [2.05, 4.69) is 20.5 Å². The minimum absolute atomic E-state index is 0.00425. The molecule has 2 unspecified atom stereocenters. The summed E-state index contributed by atoms with van der Waals surface area (Å²) in [5.74, 6) is -2.10. The second-order valence-electron chi connectivity index (χ2n) is 12.6. The molecule has 1 saturated carbocycles. The fraction of sp³-hybridized carbons (Fsp3) is 0.394. The number of halogens is 8. The van der Waals surface area contributed by atoms with Gasteiger partial charge in [0.25, 0.3) is 6.43 Å². The summed E-state index contributed by atoms with van der Waals surface area (Å²) in [6.07, 6.45) is -6.86. The molecule has 2 heterocycles. The van der Waals surface area contributed by atoms with Crippen LogP contribution < -0.4 is 16.4 Å². The minimum Gasteiger partial charge on any atom is -0.447 e. The van der Waals surface area contributed by atoms with E-state index in [-0.39, 0.29) is 47.5 Å². The van der Waals surface area contributed by atoms with Crippen molar-refractivity contribution in [3.8, 4) is 22.9 Å². The summed E-state index contributed by atoms with van der Waals surface area (Å²) in [6, 6.07) is 10.6. The molecule has 5 rings (SSSR count). The molecule has 3 atom stereocenters. The highest BCUT2D eigenvalue weighted by atomic mass is 35.5. The van der Waals surface area contributed by atoms with Crippen LogP contribution in [-0.4, -0.2) is 54.9 Å². The third-order valence-corrected chi connectivity index (χ3v) is 9.06. The Morgan fingerprint density at radius 2 is 1.79 bits per heavy atom. The summed E-state index contributed by atoms with van der Waals surface area (Å²) in [4.78, 5) is 30.5. The Kier molecular flexibility index (Phi) is 11.3. The zero-order chi connectivity index (χ0) is 38.7. The number of aromatic nitrogens is 5. The fourth-order valence-electron chi connectivity index (χ4n) is 5.67. The first kappa shape index (κ1) is 39.0. The number of carbonyl (C=O) groups is 2. The molecule has 12 nitrogen and oxygen atoms in total. The van der Waals surface area contributed by atoms with E-state index in [4.69, 9.17) is 22.1 Å². The fourth-order valence-corrected chi connectivity index (χ4v) is 5.87. The van der Waals surface area contributed by atoms with E-state index in [1.165, 1.54) is 48.7 Å². The Balaban J connectivity index is 1.49. The number of nitrogens with zero attached hydrogens (tertiary/aromatic N) is 6. The molecule has 0 aliphatic heterocycles. The summed E-state index contributed by atoms with van der Waals surface area (Å²) in [7, 11) is 0. The second kappa shape index (κ2) is 15.4. The van der Waals surface area contributed by atoms with Gasteiger partial charge in [-0.15, -0.1) is 0 Å². The molecule has 0 bridgehead atoms. The van der Waals surface area contributed by atoms with E-state index in [1.807, 2.05) is 11.4 Å². The van der Waals surface area contributed by atoms with Crippen LogP contribution in [0.15, 0.2) is 61.2 Å². The molecule has 0 radical (unpaired) electrons. The van der Waals surface area contributed by atoms with E-state index >= 15 is 0 Å². The predicted molar refractivity (Wildman–Crippen MR) is 174 cm³/mol. The Bertz CT molecular complexity index is 1980. The van der Waals surface area contributed by atoms with Crippen molar-refractivity contribution in [1.82, 2.24) is 35.2 Å².